The van der Waals surface area contributed by atoms with Crippen molar-refractivity contribution in [1.29, 1.82) is 0 Å². The van der Waals surface area contributed by atoms with E-state index < -0.39 is 0 Å². The Morgan fingerprint density at radius 2 is 1.71 bits per heavy atom. The molecule has 5 heteroatoms. The zero-order chi connectivity index (χ0) is 17.7. The second-order valence-corrected chi connectivity index (χ2v) is 6.16. The Hall–Kier alpha value is -2.27. The lowest BCUT2D eigenvalue weighted by Crippen LogP contribution is -2.31. The quantitative estimate of drug-likeness (QED) is 0.789. The number of anilines is 1. The monoisotopic (exact) mass is 344 g/mol. The smallest absolute Gasteiger partial charge is 0.171 e. The van der Waals surface area contributed by atoms with E-state index in [4.69, 9.17) is 21.7 Å². The van der Waals surface area contributed by atoms with Crippen molar-refractivity contribution < 1.29 is 9.47 Å². The SMILES string of the molecule is COc1ccc(C(C)NC(=S)Nc2cc(C)ccc2C)cc1OC. The molecule has 4 nitrogen and oxygen atoms in total. The summed E-state index contributed by atoms with van der Waals surface area (Å²) in [4.78, 5) is 0. The summed E-state index contributed by atoms with van der Waals surface area (Å²) in [5.74, 6) is 1.42. The van der Waals surface area contributed by atoms with E-state index in [0.29, 0.717) is 16.6 Å². The van der Waals surface area contributed by atoms with Crippen molar-refractivity contribution in [2.75, 3.05) is 19.5 Å². The van der Waals surface area contributed by atoms with Crippen molar-refractivity contribution in [3.05, 3.63) is 53.1 Å². The van der Waals surface area contributed by atoms with Gasteiger partial charge in [-0.3, -0.25) is 0 Å². The lowest BCUT2D eigenvalue weighted by molar-refractivity contribution is 0.354. The maximum absolute atomic E-state index is 5.45. The van der Waals surface area contributed by atoms with Crippen LogP contribution in [-0.2, 0) is 0 Å². The summed E-state index contributed by atoms with van der Waals surface area (Å²) in [5, 5.41) is 7.16. The highest BCUT2D eigenvalue weighted by Gasteiger charge is 2.11. The fourth-order valence-electron chi connectivity index (χ4n) is 2.43. The number of thiocarbonyl (C=S) groups is 1. The first-order valence-electron chi connectivity index (χ1n) is 7.81. The van der Waals surface area contributed by atoms with Crippen molar-refractivity contribution >= 4 is 23.0 Å². The number of ether oxygens (including phenoxy) is 2. The van der Waals surface area contributed by atoms with Gasteiger partial charge in [0, 0.05) is 5.69 Å². The third kappa shape index (κ3) is 4.38. The fraction of sp³-hybridized carbons (Fsp3) is 0.316. The zero-order valence-electron chi connectivity index (χ0n) is 14.8. The van der Waals surface area contributed by atoms with Crippen molar-refractivity contribution in [3.63, 3.8) is 0 Å². The standard InChI is InChI=1S/C19H24N2O2S/c1-12-6-7-13(2)16(10-12)21-19(24)20-14(3)15-8-9-17(22-4)18(11-15)23-5/h6-11,14H,1-5H3,(H2,20,21,24). The Bertz CT molecular complexity index is 731. The van der Waals surface area contributed by atoms with Gasteiger partial charge in [-0.15, -0.1) is 0 Å². The number of hydrogen-bond donors (Lipinski definition) is 2. The minimum atomic E-state index is 0.0370. The molecule has 0 aliphatic carbocycles. The first-order chi connectivity index (χ1) is 11.4. The predicted molar refractivity (Wildman–Crippen MR) is 103 cm³/mol. The van der Waals surface area contributed by atoms with Crippen LogP contribution in [0.4, 0.5) is 5.69 Å². The molecule has 0 heterocycles. The highest BCUT2D eigenvalue weighted by atomic mass is 32.1. The van der Waals surface area contributed by atoms with Crippen LogP contribution < -0.4 is 20.1 Å². The third-order valence-corrected chi connectivity index (χ3v) is 4.12. The first-order valence-corrected chi connectivity index (χ1v) is 8.22. The Labute approximate surface area is 149 Å². The molecule has 2 aromatic carbocycles. The van der Waals surface area contributed by atoms with Gasteiger partial charge >= 0.3 is 0 Å². The van der Waals surface area contributed by atoms with Crippen LogP contribution in [0, 0.1) is 13.8 Å². The largest absolute Gasteiger partial charge is 0.493 e. The van der Waals surface area contributed by atoms with E-state index in [1.165, 1.54) is 5.56 Å². The van der Waals surface area contributed by atoms with Gasteiger partial charge in [-0.25, -0.2) is 0 Å². The maximum atomic E-state index is 5.45. The van der Waals surface area contributed by atoms with Crippen LogP contribution in [0.2, 0.25) is 0 Å². The zero-order valence-corrected chi connectivity index (χ0v) is 15.6. The molecule has 0 aliphatic rings. The lowest BCUT2D eigenvalue weighted by Gasteiger charge is -2.19. The maximum Gasteiger partial charge on any atom is 0.171 e. The molecule has 2 N–H and O–H groups in total. The van der Waals surface area contributed by atoms with Gasteiger partial charge in [-0.2, -0.15) is 0 Å². The predicted octanol–water partition coefficient (Wildman–Crippen LogP) is 4.37. The number of benzene rings is 2. The van der Waals surface area contributed by atoms with Gasteiger partial charge in [0.1, 0.15) is 0 Å². The summed E-state index contributed by atoms with van der Waals surface area (Å²) >= 11 is 5.45. The molecule has 0 aromatic heterocycles. The van der Waals surface area contributed by atoms with Crippen LogP contribution in [0.15, 0.2) is 36.4 Å². The van der Waals surface area contributed by atoms with Crippen LogP contribution in [0.5, 0.6) is 11.5 Å². The van der Waals surface area contributed by atoms with Crippen molar-refractivity contribution in [2.45, 2.75) is 26.8 Å². The Balaban J connectivity index is 2.07. The summed E-state index contributed by atoms with van der Waals surface area (Å²) in [6, 6.07) is 12.1. The molecule has 2 aromatic rings. The number of rotatable bonds is 5. The van der Waals surface area contributed by atoms with E-state index in [2.05, 4.69) is 49.6 Å². The molecule has 1 unspecified atom stereocenters. The Morgan fingerprint density at radius 3 is 2.38 bits per heavy atom. The molecule has 24 heavy (non-hydrogen) atoms. The topological polar surface area (TPSA) is 42.5 Å². The Kier molecular flexibility index (Phi) is 6.04. The first kappa shape index (κ1) is 18.1. The van der Waals surface area contributed by atoms with Gasteiger partial charge in [0.2, 0.25) is 0 Å². The van der Waals surface area contributed by atoms with E-state index in [9.17, 15) is 0 Å². The highest BCUT2D eigenvalue weighted by Crippen LogP contribution is 2.29. The van der Waals surface area contributed by atoms with Crippen LogP contribution in [0.3, 0.4) is 0 Å². The second-order valence-electron chi connectivity index (χ2n) is 5.75. The molecule has 1 atom stereocenters. The van der Waals surface area contributed by atoms with Crippen LogP contribution >= 0.6 is 12.2 Å². The van der Waals surface area contributed by atoms with E-state index in [-0.39, 0.29) is 6.04 Å². The summed E-state index contributed by atoms with van der Waals surface area (Å²) in [5.41, 5.74) is 4.44. The van der Waals surface area contributed by atoms with E-state index >= 15 is 0 Å². The van der Waals surface area contributed by atoms with Gasteiger partial charge in [0.05, 0.1) is 20.3 Å². The fourth-order valence-corrected chi connectivity index (χ4v) is 2.72. The van der Waals surface area contributed by atoms with Crippen molar-refractivity contribution in [2.24, 2.45) is 0 Å². The molecule has 0 fully saturated rings. The molecule has 0 spiro atoms. The average molecular weight is 344 g/mol. The summed E-state index contributed by atoms with van der Waals surface area (Å²) < 4.78 is 10.6. The van der Waals surface area contributed by atoms with Gasteiger partial charge < -0.3 is 20.1 Å². The van der Waals surface area contributed by atoms with E-state index in [1.54, 1.807) is 14.2 Å². The number of methoxy groups -OCH3 is 2. The lowest BCUT2D eigenvalue weighted by atomic mass is 10.1. The van der Waals surface area contributed by atoms with Crippen LogP contribution in [-0.4, -0.2) is 19.3 Å². The molecule has 0 saturated carbocycles. The average Bonchev–Trinajstić information content (AvgIpc) is 2.57. The van der Waals surface area contributed by atoms with Gasteiger partial charge in [-0.05, 0) is 67.9 Å². The molecule has 0 saturated heterocycles. The minimum absolute atomic E-state index is 0.0370. The molecule has 128 valence electrons. The van der Waals surface area contributed by atoms with E-state index in [0.717, 1.165) is 16.8 Å². The van der Waals surface area contributed by atoms with Gasteiger partial charge in [0.25, 0.3) is 0 Å². The summed E-state index contributed by atoms with van der Waals surface area (Å²) in [7, 11) is 3.26. The number of hydrogen-bond acceptors (Lipinski definition) is 3. The van der Waals surface area contributed by atoms with Crippen LogP contribution in [0.1, 0.15) is 29.7 Å². The normalized spacial score (nSPS) is 11.5. The highest BCUT2D eigenvalue weighted by molar-refractivity contribution is 7.80. The Morgan fingerprint density at radius 1 is 1.00 bits per heavy atom. The van der Waals surface area contributed by atoms with Gasteiger partial charge in [-0.1, -0.05) is 18.2 Å². The van der Waals surface area contributed by atoms with Crippen molar-refractivity contribution in [3.8, 4) is 11.5 Å². The van der Waals surface area contributed by atoms with E-state index in [1.807, 2.05) is 18.2 Å². The van der Waals surface area contributed by atoms with Crippen molar-refractivity contribution in [1.82, 2.24) is 5.32 Å². The molecule has 2 rings (SSSR count). The second kappa shape index (κ2) is 8.02. The molecular formula is C19H24N2O2S. The number of aryl methyl sites for hydroxylation is 2. The molecule has 0 bridgehead atoms. The number of nitrogens with one attached hydrogen (secondary N) is 2. The third-order valence-electron chi connectivity index (χ3n) is 3.90. The molecule has 0 radical (unpaired) electrons. The molecule has 0 aliphatic heterocycles. The van der Waals surface area contributed by atoms with Gasteiger partial charge in [0.15, 0.2) is 16.6 Å². The summed E-state index contributed by atoms with van der Waals surface area (Å²) in [6.07, 6.45) is 0. The minimum Gasteiger partial charge on any atom is -0.493 e. The molecule has 0 amide bonds. The van der Waals surface area contributed by atoms with Crippen LogP contribution in [0.25, 0.3) is 0 Å². The summed E-state index contributed by atoms with van der Waals surface area (Å²) in [6.45, 7) is 6.17. The molecular weight excluding hydrogens is 320 g/mol.